The van der Waals surface area contributed by atoms with Crippen LogP contribution in [0.1, 0.15) is 50.6 Å². The minimum Gasteiger partial charge on any atom is -0.324 e. The van der Waals surface area contributed by atoms with Gasteiger partial charge in [0.25, 0.3) is 0 Å². The van der Waals surface area contributed by atoms with E-state index >= 15 is 0 Å². The summed E-state index contributed by atoms with van der Waals surface area (Å²) in [5, 5.41) is 5.51. The van der Waals surface area contributed by atoms with Gasteiger partial charge in [-0.05, 0) is 36.0 Å². The molecular weight excluding hydrogens is 266 g/mol. The van der Waals surface area contributed by atoms with E-state index in [0.29, 0.717) is 11.4 Å². The molecule has 1 heterocycles. The topological polar surface area (TPSA) is 84.2 Å². The smallest absolute Gasteiger partial charge is 0.233 e. The lowest BCUT2D eigenvalue weighted by molar-refractivity contribution is -0.123. The molecule has 0 aromatic heterocycles. The monoisotopic (exact) mass is 287 g/mol. The minimum absolute atomic E-state index is 0.0545. The number of rotatable bonds is 2. The number of nitrogens with two attached hydrogens (primary N) is 1. The van der Waals surface area contributed by atoms with E-state index in [1.165, 1.54) is 12.8 Å². The number of benzene rings is 1. The quantitative estimate of drug-likeness (QED) is 0.731. The van der Waals surface area contributed by atoms with Gasteiger partial charge in [0.15, 0.2) is 0 Å². The minimum atomic E-state index is -0.288. The zero-order valence-electron chi connectivity index (χ0n) is 12.2. The van der Waals surface area contributed by atoms with Crippen molar-refractivity contribution in [2.45, 2.75) is 45.1 Å². The summed E-state index contributed by atoms with van der Waals surface area (Å²) < 4.78 is 0. The van der Waals surface area contributed by atoms with Gasteiger partial charge in [0.1, 0.15) is 6.42 Å². The zero-order valence-corrected chi connectivity index (χ0v) is 12.2. The lowest BCUT2D eigenvalue weighted by Crippen LogP contribution is -2.29. The molecule has 5 nitrogen and oxygen atoms in total. The molecule has 21 heavy (non-hydrogen) atoms. The molecule has 3 rings (SSSR count). The summed E-state index contributed by atoms with van der Waals surface area (Å²) in [4.78, 5) is 23.2. The number of anilines is 2. The Morgan fingerprint density at radius 1 is 1.10 bits per heavy atom. The Labute approximate surface area is 124 Å². The first kappa shape index (κ1) is 14.1. The predicted octanol–water partition coefficient (Wildman–Crippen LogP) is 2.55. The number of carbonyl (C=O) groups is 2. The third-order valence-electron chi connectivity index (χ3n) is 4.77. The predicted molar refractivity (Wildman–Crippen MR) is 81.8 cm³/mol. The summed E-state index contributed by atoms with van der Waals surface area (Å²) in [7, 11) is 0. The van der Waals surface area contributed by atoms with Crippen molar-refractivity contribution in [1.82, 2.24) is 0 Å². The molecule has 1 saturated carbocycles. The number of nitrogens with one attached hydrogen (secondary N) is 2. The van der Waals surface area contributed by atoms with Crippen molar-refractivity contribution in [3.63, 3.8) is 0 Å². The first-order chi connectivity index (χ1) is 9.98. The van der Waals surface area contributed by atoms with Gasteiger partial charge in [-0.2, -0.15) is 0 Å². The molecule has 4 N–H and O–H groups in total. The summed E-state index contributed by atoms with van der Waals surface area (Å²) in [6.07, 6.45) is 4.57. The van der Waals surface area contributed by atoms with Crippen molar-refractivity contribution in [2.75, 3.05) is 10.6 Å². The molecule has 0 bridgehead atoms. The molecule has 1 aliphatic carbocycles. The van der Waals surface area contributed by atoms with Crippen LogP contribution in [0.5, 0.6) is 0 Å². The highest BCUT2D eigenvalue weighted by Crippen LogP contribution is 2.46. The van der Waals surface area contributed by atoms with E-state index in [2.05, 4.69) is 17.6 Å². The molecule has 1 unspecified atom stereocenters. The summed E-state index contributed by atoms with van der Waals surface area (Å²) in [6, 6.07) is 5.62. The van der Waals surface area contributed by atoms with Crippen LogP contribution in [0.2, 0.25) is 0 Å². The first-order valence-electron chi connectivity index (χ1n) is 7.47. The fraction of sp³-hybridized carbons (Fsp3) is 0.500. The Hall–Kier alpha value is -1.88. The van der Waals surface area contributed by atoms with Gasteiger partial charge in [-0.15, -0.1) is 0 Å². The van der Waals surface area contributed by atoms with Gasteiger partial charge < -0.3 is 16.4 Å². The molecular formula is C16H21N3O2. The molecule has 0 radical (unpaired) electrons. The molecule has 0 spiro atoms. The van der Waals surface area contributed by atoms with Gasteiger partial charge in [0.2, 0.25) is 11.8 Å². The second-order valence-electron chi connectivity index (χ2n) is 6.42. The lowest BCUT2D eigenvalue weighted by atomic mass is 9.77. The highest BCUT2D eigenvalue weighted by atomic mass is 16.2. The van der Waals surface area contributed by atoms with E-state index in [1.54, 1.807) is 0 Å². The summed E-state index contributed by atoms with van der Waals surface area (Å²) in [5.41, 5.74) is 8.87. The molecule has 1 aromatic rings. The molecule has 2 amide bonds. The van der Waals surface area contributed by atoms with Crippen molar-refractivity contribution in [3.8, 4) is 0 Å². The fourth-order valence-electron chi connectivity index (χ4n) is 3.40. The average molecular weight is 287 g/mol. The number of hydrogen-bond donors (Lipinski definition) is 3. The fourth-order valence-corrected chi connectivity index (χ4v) is 3.40. The van der Waals surface area contributed by atoms with Gasteiger partial charge in [-0.25, -0.2) is 0 Å². The molecule has 1 aromatic carbocycles. The van der Waals surface area contributed by atoms with Crippen molar-refractivity contribution in [1.29, 1.82) is 0 Å². The molecule has 0 saturated heterocycles. The van der Waals surface area contributed by atoms with Crippen molar-refractivity contribution >= 4 is 23.2 Å². The normalized spacial score (nSPS) is 22.0. The number of carbonyl (C=O) groups excluding carboxylic acids is 2. The van der Waals surface area contributed by atoms with Crippen molar-refractivity contribution < 1.29 is 9.59 Å². The summed E-state index contributed by atoms with van der Waals surface area (Å²) in [6.45, 7) is 2.23. The largest absolute Gasteiger partial charge is 0.324 e. The maximum Gasteiger partial charge on any atom is 0.233 e. The number of fused-ring (bicyclic) bond motifs is 1. The standard InChI is InChI=1S/C16H21N3O2/c1-16(6-2-3-7-16)15(17)10-4-5-11-12(8-10)19-14(21)9-13(20)18-11/h4-5,8,15H,2-3,6-7,9,17H2,1H3,(H,18,20)(H,19,21). The molecule has 1 aliphatic heterocycles. The van der Waals surface area contributed by atoms with E-state index in [1.807, 2.05) is 18.2 Å². The van der Waals surface area contributed by atoms with E-state index in [0.717, 1.165) is 18.4 Å². The zero-order chi connectivity index (χ0) is 15.0. The molecule has 1 fully saturated rings. The Bertz CT molecular complexity index is 591. The highest BCUT2D eigenvalue weighted by Gasteiger charge is 2.36. The first-order valence-corrected chi connectivity index (χ1v) is 7.47. The summed E-state index contributed by atoms with van der Waals surface area (Å²) in [5.74, 6) is -0.574. The third kappa shape index (κ3) is 2.65. The van der Waals surface area contributed by atoms with Crippen molar-refractivity contribution in [3.05, 3.63) is 23.8 Å². The second kappa shape index (κ2) is 5.15. The van der Waals surface area contributed by atoms with Crippen molar-refractivity contribution in [2.24, 2.45) is 11.1 Å². The van der Waals surface area contributed by atoms with Crippen LogP contribution in [-0.4, -0.2) is 11.8 Å². The van der Waals surface area contributed by atoms with E-state index in [4.69, 9.17) is 5.73 Å². The van der Waals surface area contributed by atoms with E-state index in [-0.39, 0.29) is 29.7 Å². The maximum atomic E-state index is 11.7. The van der Waals surface area contributed by atoms with Crippen LogP contribution in [0, 0.1) is 5.41 Å². The van der Waals surface area contributed by atoms with Crippen LogP contribution in [0.15, 0.2) is 18.2 Å². The Morgan fingerprint density at radius 2 is 1.71 bits per heavy atom. The maximum absolute atomic E-state index is 11.7. The van der Waals surface area contributed by atoms with Gasteiger partial charge >= 0.3 is 0 Å². The Balaban J connectivity index is 1.92. The SMILES string of the molecule is CC1(C(N)c2ccc3c(c2)NC(=O)CC(=O)N3)CCCC1. The van der Waals surface area contributed by atoms with Crippen LogP contribution in [-0.2, 0) is 9.59 Å². The Kier molecular flexibility index (Phi) is 3.45. The Morgan fingerprint density at radius 3 is 2.38 bits per heavy atom. The lowest BCUT2D eigenvalue weighted by Gasteiger charge is -2.31. The van der Waals surface area contributed by atoms with Crippen LogP contribution >= 0.6 is 0 Å². The van der Waals surface area contributed by atoms with Crippen LogP contribution < -0.4 is 16.4 Å². The molecule has 1 atom stereocenters. The van der Waals surface area contributed by atoms with Crippen LogP contribution in [0.3, 0.4) is 0 Å². The van der Waals surface area contributed by atoms with Crippen LogP contribution in [0.25, 0.3) is 0 Å². The van der Waals surface area contributed by atoms with E-state index in [9.17, 15) is 9.59 Å². The number of amides is 2. The van der Waals surface area contributed by atoms with E-state index < -0.39 is 0 Å². The van der Waals surface area contributed by atoms with Gasteiger partial charge in [0.05, 0.1) is 11.4 Å². The molecule has 2 aliphatic rings. The molecule has 112 valence electrons. The van der Waals surface area contributed by atoms with Gasteiger partial charge in [0, 0.05) is 6.04 Å². The van der Waals surface area contributed by atoms with Gasteiger partial charge in [-0.1, -0.05) is 25.8 Å². The second-order valence-corrected chi connectivity index (χ2v) is 6.42. The van der Waals surface area contributed by atoms with Gasteiger partial charge in [-0.3, -0.25) is 9.59 Å². The highest BCUT2D eigenvalue weighted by molar-refractivity contribution is 6.13. The molecule has 5 heteroatoms. The number of hydrogen-bond acceptors (Lipinski definition) is 3. The summed E-state index contributed by atoms with van der Waals surface area (Å²) >= 11 is 0. The third-order valence-corrected chi connectivity index (χ3v) is 4.77. The van der Waals surface area contributed by atoms with Crippen LogP contribution in [0.4, 0.5) is 11.4 Å². The average Bonchev–Trinajstić information content (AvgIpc) is 2.81.